The third-order valence-electron chi connectivity index (χ3n) is 6.64. The standard InChI is InChI=1S/C29H41ClN2O/c1-3-5-7-9-11-18-32(19-12-10-8-6-4-2)22-28(33)27-20-23-15-16-24(30)21-26(23)25-14-13-17-31-29(25)27/h13-17,20-21,28,33H,3-12,18-19,22H2,1-2H3/t28-/m1/s1. The van der Waals surface area contributed by atoms with E-state index in [2.05, 4.69) is 35.9 Å². The number of aliphatic hydroxyl groups is 1. The molecule has 0 aliphatic carbocycles. The molecule has 0 aliphatic rings. The van der Waals surface area contributed by atoms with E-state index in [1.165, 1.54) is 64.2 Å². The average Bonchev–Trinajstić information content (AvgIpc) is 2.83. The Kier molecular flexibility index (Phi) is 10.9. The molecule has 0 amide bonds. The van der Waals surface area contributed by atoms with Gasteiger partial charge in [0.05, 0.1) is 11.6 Å². The minimum absolute atomic E-state index is 0.561. The molecule has 180 valence electrons. The summed E-state index contributed by atoms with van der Waals surface area (Å²) in [6.45, 7) is 7.29. The summed E-state index contributed by atoms with van der Waals surface area (Å²) in [6, 6.07) is 12.1. The van der Waals surface area contributed by atoms with Gasteiger partial charge >= 0.3 is 0 Å². The summed E-state index contributed by atoms with van der Waals surface area (Å²) in [5.41, 5.74) is 1.80. The highest BCUT2D eigenvalue weighted by Crippen LogP contribution is 2.32. The molecule has 3 rings (SSSR count). The van der Waals surface area contributed by atoms with Crippen LogP contribution in [0.3, 0.4) is 0 Å². The number of aliphatic hydroxyl groups excluding tert-OH is 1. The van der Waals surface area contributed by atoms with Crippen LogP contribution in [0.25, 0.3) is 21.7 Å². The molecule has 1 heterocycles. The van der Waals surface area contributed by atoms with Gasteiger partial charge in [0.2, 0.25) is 0 Å². The Bertz CT molecular complexity index is 976. The van der Waals surface area contributed by atoms with Gasteiger partial charge in [-0.15, -0.1) is 0 Å². The van der Waals surface area contributed by atoms with Crippen LogP contribution in [0, 0.1) is 0 Å². The maximum Gasteiger partial charge on any atom is 0.0938 e. The van der Waals surface area contributed by atoms with Gasteiger partial charge < -0.3 is 10.0 Å². The van der Waals surface area contributed by atoms with E-state index in [9.17, 15) is 5.11 Å². The van der Waals surface area contributed by atoms with Crippen LogP contribution < -0.4 is 0 Å². The van der Waals surface area contributed by atoms with Crippen molar-refractivity contribution in [3.8, 4) is 0 Å². The molecular formula is C29H41ClN2O. The van der Waals surface area contributed by atoms with Gasteiger partial charge in [-0.05, 0) is 61.0 Å². The molecule has 0 spiro atoms. The normalized spacial score (nSPS) is 12.8. The van der Waals surface area contributed by atoms with Crippen LogP contribution in [0.15, 0.2) is 42.6 Å². The first-order chi connectivity index (χ1) is 16.1. The number of nitrogens with zero attached hydrogens (tertiary/aromatic N) is 2. The minimum atomic E-state index is -0.561. The van der Waals surface area contributed by atoms with E-state index in [1.54, 1.807) is 0 Å². The highest BCUT2D eigenvalue weighted by Gasteiger charge is 2.18. The monoisotopic (exact) mass is 468 g/mol. The molecule has 0 aliphatic heterocycles. The van der Waals surface area contributed by atoms with Gasteiger partial charge in [0.25, 0.3) is 0 Å². The topological polar surface area (TPSA) is 36.4 Å². The first kappa shape index (κ1) is 25.9. The van der Waals surface area contributed by atoms with Crippen molar-refractivity contribution < 1.29 is 5.11 Å². The zero-order valence-corrected chi connectivity index (χ0v) is 21.3. The van der Waals surface area contributed by atoms with Crippen molar-refractivity contribution in [2.45, 2.75) is 84.2 Å². The predicted octanol–water partition coefficient (Wildman–Crippen LogP) is 8.32. The highest BCUT2D eigenvalue weighted by molar-refractivity contribution is 6.31. The number of aromatic nitrogens is 1. The molecule has 1 atom stereocenters. The van der Waals surface area contributed by atoms with Crippen LogP contribution in [0.1, 0.15) is 89.7 Å². The lowest BCUT2D eigenvalue weighted by molar-refractivity contribution is 0.111. The molecule has 3 nitrogen and oxygen atoms in total. The summed E-state index contributed by atoms with van der Waals surface area (Å²) in [4.78, 5) is 7.14. The summed E-state index contributed by atoms with van der Waals surface area (Å²) in [7, 11) is 0. The predicted molar refractivity (Wildman–Crippen MR) is 143 cm³/mol. The van der Waals surface area contributed by atoms with E-state index in [-0.39, 0.29) is 0 Å². The molecule has 0 bridgehead atoms. The van der Waals surface area contributed by atoms with E-state index < -0.39 is 6.10 Å². The molecule has 0 saturated carbocycles. The number of rotatable bonds is 15. The Hall–Kier alpha value is -1.68. The second-order valence-corrected chi connectivity index (χ2v) is 9.81. The van der Waals surface area contributed by atoms with E-state index in [1.807, 2.05) is 30.5 Å². The number of halogens is 1. The Morgan fingerprint density at radius 2 is 1.52 bits per heavy atom. The van der Waals surface area contributed by atoms with Crippen LogP contribution in [0.4, 0.5) is 0 Å². The van der Waals surface area contributed by atoms with E-state index in [4.69, 9.17) is 11.6 Å². The number of fused-ring (bicyclic) bond motifs is 3. The molecule has 0 radical (unpaired) electrons. The van der Waals surface area contributed by atoms with Crippen molar-refractivity contribution in [2.24, 2.45) is 0 Å². The lowest BCUT2D eigenvalue weighted by Crippen LogP contribution is -2.31. The van der Waals surface area contributed by atoms with Gasteiger partial charge in [-0.2, -0.15) is 0 Å². The van der Waals surface area contributed by atoms with E-state index in [0.717, 1.165) is 45.4 Å². The van der Waals surface area contributed by atoms with Crippen LogP contribution in [0.2, 0.25) is 5.02 Å². The molecule has 1 N–H and O–H groups in total. The fourth-order valence-electron chi connectivity index (χ4n) is 4.75. The fourth-order valence-corrected chi connectivity index (χ4v) is 4.92. The van der Waals surface area contributed by atoms with Crippen LogP contribution in [0.5, 0.6) is 0 Å². The summed E-state index contributed by atoms with van der Waals surface area (Å²) in [6.07, 6.45) is 14.0. The minimum Gasteiger partial charge on any atom is -0.387 e. The van der Waals surface area contributed by atoms with E-state index >= 15 is 0 Å². The van der Waals surface area contributed by atoms with Crippen LogP contribution in [-0.2, 0) is 0 Å². The summed E-state index contributed by atoms with van der Waals surface area (Å²) in [5, 5.41) is 15.3. The summed E-state index contributed by atoms with van der Waals surface area (Å²) < 4.78 is 0. The lowest BCUT2D eigenvalue weighted by Gasteiger charge is -2.26. The smallest absolute Gasteiger partial charge is 0.0938 e. The number of hydrogen-bond donors (Lipinski definition) is 1. The number of pyridine rings is 1. The first-order valence-electron chi connectivity index (χ1n) is 13.0. The third-order valence-corrected chi connectivity index (χ3v) is 6.88. The lowest BCUT2D eigenvalue weighted by atomic mass is 9.97. The van der Waals surface area contributed by atoms with Crippen molar-refractivity contribution in [1.82, 2.24) is 9.88 Å². The summed E-state index contributed by atoms with van der Waals surface area (Å²) >= 11 is 6.27. The highest BCUT2D eigenvalue weighted by atomic mass is 35.5. The van der Waals surface area contributed by atoms with Crippen molar-refractivity contribution in [1.29, 1.82) is 0 Å². The van der Waals surface area contributed by atoms with Crippen LogP contribution in [-0.4, -0.2) is 34.6 Å². The largest absolute Gasteiger partial charge is 0.387 e. The number of unbranched alkanes of at least 4 members (excludes halogenated alkanes) is 8. The van der Waals surface area contributed by atoms with Gasteiger partial charge in [-0.1, -0.05) is 88.9 Å². The maximum atomic E-state index is 11.4. The van der Waals surface area contributed by atoms with Gasteiger partial charge in [-0.3, -0.25) is 4.98 Å². The van der Waals surface area contributed by atoms with Gasteiger partial charge in [0.1, 0.15) is 0 Å². The third kappa shape index (κ3) is 7.67. The first-order valence-corrected chi connectivity index (χ1v) is 13.4. The Labute approximate surface area is 205 Å². The number of hydrogen-bond acceptors (Lipinski definition) is 3. The zero-order chi connectivity index (χ0) is 23.5. The molecule has 0 fully saturated rings. The van der Waals surface area contributed by atoms with Crippen molar-refractivity contribution >= 4 is 33.3 Å². The van der Waals surface area contributed by atoms with Crippen LogP contribution >= 0.6 is 11.6 Å². The molecule has 0 unspecified atom stereocenters. The molecular weight excluding hydrogens is 428 g/mol. The van der Waals surface area contributed by atoms with Gasteiger partial charge in [0, 0.05) is 28.7 Å². The van der Waals surface area contributed by atoms with Crippen molar-refractivity contribution in [3.05, 3.63) is 53.2 Å². The van der Waals surface area contributed by atoms with Gasteiger partial charge in [-0.25, -0.2) is 0 Å². The molecule has 33 heavy (non-hydrogen) atoms. The molecule has 4 heteroatoms. The molecule has 2 aromatic carbocycles. The Balaban J connectivity index is 1.76. The van der Waals surface area contributed by atoms with Gasteiger partial charge in [0.15, 0.2) is 0 Å². The van der Waals surface area contributed by atoms with Crippen molar-refractivity contribution in [2.75, 3.05) is 19.6 Å². The Morgan fingerprint density at radius 3 is 2.18 bits per heavy atom. The molecule has 1 aromatic heterocycles. The fraction of sp³-hybridized carbons (Fsp3) is 0.552. The maximum absolute atomic E-state index is 11.4. The van der Waals surface area contributed by atoms with Crippen molar-refractivity contribution in [3.63, 3.8) is 0 Å². The quantitative estimate of drug-likeness (QED) is 0.180. The second kappa shape index (κ2) is 13.9. The average molecular weight is 469 g/mol. The number of benzene rings is 2. The SMILES string of the molecule is CCCCCCCN(CCCCCCC)C[C@@H](O)c1cc2ccc(Cl)cc2c2cccnc12. The van der Waals surface area contributed by atoms with E-state index in [0.29, 0.717) is 6.54 Å². The molecule has 3 aromatic rings. The Morgan fingerprint density at radius 1 is 0.848 bits per heavy atom. The second-order valence-electron chi connectivity index (χ2n) is 9.38. The zero-order valence-electron chi connectivity index (χ0n) is 20.5. The summed E-state index contributed by atoms with van der Waals surface area (Å²) in [5.74, 6) is 0. The molecule has 0 saturated heterocycles.